The Morgan fingerprint density at radius 2 is 1.92 bits per heavy atom. The van der Waals surface area contributed by atoms with E-state index in [1.807, 2.05) is 13.8 Å². The SMILES string of the molecule is CC(F)=CC1C(C)(C)C1(C)C(=O)O. The Balaban J connectivity index is 2.95. The van der Waals surface area contributed by atoms with Crippen LogP contribution in [0.25, 0.3) is 0 Å². The monoisotopic (exact) mass is 186 g/mol. The smallest absolute Gasteiger partial charge is 0.310 e. The first-order chi connectivity index (χ1) is 5.74. The molecule has 1 saturated carbocycles. The molecule has 0 bridgehead atoms. The number of allylic oxidation sites excluding steroid dienone is 2. The summed E-state index contributed by atoms with van der Waals surface area (Å²) in [7, 11) is 0. The molecule has 0 aromatic carbocycles. The van der Waals surface area contributed by atoms with Crippen molar-refractivity contribution in [2.75, 3.05) is 0 Å². The molecular formula is C10H15FO2. The summed E-state index contributed by atoms with van der Waals surface area (Å²) in [6, 6.07) is 0. The van der Waals surface area contributed by atoms with E-state index in [-0.39, 0.29) is 17.2 Å². The van der Waals surface area contributed by atoms with Crippen LogP contribution in [-0.2, 0) is 4.79 Å². The van der Waals surface area contributed by atoms with E-state index >= 15 is 0 Å². The molecule has 0 heterocycles. The van der Waals surface area contributed by atoms with Gasteiger partial charge < -0.3 is 5.11 Å². The van der Waals surface area contributed by atoms with Crippen molar-refractivity contribution in [1.29, 1.82) is 0 Å². The average molecular weight is 186 g/mol. The molecule has 0 saturated heterocycles. The number of carboxylic acids is 1. The molecule has 74 valence electrons. The minimum absolute atomic E-state index is 0.192. The minimum Gasteiger partial charge on any atom is -0.481 e. The summed E-state index contributed by atoms with van der Waals surface area (Å²) < 4.78 is 12.6. The maximum atomic E-state index is 12.6. The van der Waals surface area contributed by atoms with Crippen molar-refractivity contribution in [1.82, 2.24) is 0 Å². The molecule has 0 aliphatic heterocycles. The van der Waals surface area contributed by atoms with Crippen LogP contribution in [0.4, 0.5) is 4.39 Å². The van der Waals surface area contributed by atoms with Crippen LogP contribution in [-0.4, -0.2) is 11.1 Å². The zero-order chi connectivity index (χ0) is 10.4. The maximum Gasteiger partial charge on any atom is 0.310 e. The molecule has 1 aliphatic rings. The third-order valence-corrected chi connectivity index (χ3v) is 3.50. The van der Waals surface area contributed by atoms with Gasteiger partial charge in [-0.1, -0.05) is 13.8 Å². The first kappa shape index (κ1) is 10.2. The molecule has 2 atom stereocenters. The van der Waals surface area contributed by atoms with Crippen LogP contribution in [0.15, 0.2) is 11.9 Å². The molecule has 1 fully saturated rings. The van der Waals surface area contributed by atoms with E-state index in [0.717, 1.165) is 0 Å². The first-order valence-corrected chi connectivity index (χ1v) is 4.32. The second-order valence-electron chi connectivity index (χ2n) is 4.46. The second kappa shape index (κ2) is 2.56. The number of aliphatic carboxylic acids is 1. The van der Waals surface area contributed by atoms with Crippen LogP contribution in [0.1, 0.15) is 27.7 Å². The van der Waals surface area contributed by atoms with Crippen LogP contribution in [0.5, 0.6) is 0 Å². The number of rotatable bonds is 2. The van der Waals surface area contributed by atoms with Crippen molar-refractivity contribution < 1.29 is 14.3 Å². The molecule has 13 heavy (non-hydrogen) atoms. The van der Waals surface area contributed by atoms with Gasteiger partial charge in [0.15, 0.2) is 0 Å². The number of halogens is 1. The van der Waals surface area contributed by atoms with E-state index in [1.54, 1.807) is 6.92 Å². The molecule has 0 amide bonds. The molecule has 1 aliphatic carbocycles. The van der Waals surface area contributed by atoms with E-state index in [9.17, 15) is 9.18 Å². The van der Waals surface area contributed by atoms with Crippen molar-refractivity contribution in [3.8, 4) is 0 Å². The Hall–Kier alpha value is -0.860. The Morgan fingerprint density at radius 3 is 2.15 bits per heavy atom. The van der Waals surface area contributed by atoms with Crippen LogP contribution < -0.4 is 0 Å². The highest BCUT2D eigenvalue weighted by Crippen LogP contribution is 2.69. The van der Waals surface area contributed by atoms with E-state index in [2.05, 4.69) is 0 Å². The van der Waals surface area contributed by atoms with Crippen molar-refractivity contribution in [2.45, 2.75) is 27.7 Å². The van der Waals surface area contributed by atoms with E-state index in [0.29, 0.717) is 0 Å². The fraction of sp³-hybridized carbons (Fsp3) is 0.700. The lowest BCUT2D eigenvalue weighted by Crippen LogP contribution is -2.16. The largest absolute Gasteiger partial charge is 0.481 e. The summed E-state index contributed by atoms with van der Waals surface area (Å²) in [6.45, 7) is 6.71. The average Bonchev–Trinajstić information content (AvgIpc) is 2.35. The van der Waals surface area contributed by atoms with Crippen molar-refractivity contribution >= 4 is 5.97 Å². The molecule has 1 N–H and O–H groups in total. The molecule has 2 nitrogen and oxygen atoms in total. The Morgan fingerprint density at radius 1 is 1.46 bits per heavy atom. The molecule has 0 radical (unpaired) electrons. The minimum atomic E-state index is -0.847. The van der Waals surface area contributed by atoms with Gasteiger partial charge in [-0.3, -0.25) is 4.79 Å². The normalized spacial score (nSPS) is 37.3. The van der Waals surface area contributed by atoms with Gasteiger partial charge in [0.1, 0.15) is 0 Å². The van der Waals surface area contributed by atoms with Gasteiger partial charge in [0.05, 0.1) is 11.2 Å². The lowest BCUT2D eigenvalue weighted by atomic mass is 9.99. The van der Waals surface area contributed by atoms with Gasteiger partial charge in [0, 0.05) is 5.92 Å². The second-order valence-corrected chi connectivity index (χ2v) is 4.46. The topological polar surface area (TPSA) is 37.3 Å². The standard InChI is InChI=1S/C10H15FO2/c1-6(11)5-7-9(2,3)10(7,4)8(12)13/h5,7H,1-4H3,(H,12,13). The first-order valence-electron chi connectivity index (χ1n) is 4.32. The lowest BCUT2D eigenvalue weighted by molar-refractivity contribution is -0.144. The zero-order valence-corrected chi connectivity index (χ0v) is 8.39. The number of carboxylic acid groups (broad SMARTS) is 1. The van der Waals surface area contributed by atoms with Gasteiger partial charge >= 0.3 is 5.97 Å². The molecule has 2 unspecified atom stereocenters. The maximum absolute atomic E-state index is 12.6. The lowest BCUT2D eigenvalue weighted by Gasteiger charge is -2.06. The quantitative estimate of drug-likeness (QED) is 0.719. The predicted molar refractivity (Wildman–Crippen MR) is 47.9 cm³/mol. The fourth-order valence-electron chi connectivity index (χ4n) is 2.04. The molecule has 0 aromatic rings. The van der Waals surface area contributed by atoms with E-state index < -0.39 is 11.4 Å². The Labute approximate surface area is 77.4 Å². The third kappa shape index (κ3) is 1.18. The highest BCUT2D eigenvalue weighted by molar-refractivity contribution is 5.81. The number of hydrogen-bond acceptors (Lipinski definition) is 1. The van der Waals surface area contributed by atoms with Crippen molar-refractivity contribution in [2.24, 2.45) is 16.7 Å². The summed E-state index contributed by atoms with van der Waals surface area (Å²) in [5.41, 5.74) is -1.15. The van der Waals surface area contributed by atoms with Crippen LogP contribution in [0, 0.1) is 16.7 Å². The van der Waals surface area contributed by atoms with Gasteiger partial charge in [-0.25, -0.2) is 4.39 Å². The van der Waals surface area contributed by atoms with Crippen LogP contribution in [0.2, 0.25) is 0 Å². The molecule has 0 spiro atoms. The van der Waals surface area contributed by atoms with Gasteiger partial charge in [0.2, 0.25) is 0 Å². The van der Waals surface area contributed by atoms with Crippen molar-refractivity contribution in [3.63, 3.8) is 0 Å². The zero-order valence-electron chi connectivity index (χ0n) is 8.39. The predicted octanol–water partition coefficient (Wildman–Crippen LogP) is 2.61. The summed E-state index contributed by atoms with van der Waals surface area (Å²) in [5.74, 6) is -1.34. The molecule has 0 aromatic heterocycles. The van der Waals surface area contributed by atoms with Gasteiger partial charge in [-0.2, -0.15) is 0 Å². The van der Waals surface area contributed by atoms with Gasteiger partial charge in [0.25, 0.3) is 0 Å². The summed E-state index contributed by atoms with van der Waals surface area (Å²) in [4.78, 5) is 10.9. The Kier molecular flexibility index (Phi) is 2.02. The molecular weight excluding hydrogens is 171 g/mol. The summed E-state index contributed by atoms with van der Waals surface area (Å²) in [6.07, 6.45) is 1.41. The van der Waals surface area contributed by atoms with Gasteiger partial charge in [-0.05, 0) is 25.3 Å². The van der Waals surface area contributed by atoms with Crippen LogP contribution >= 0.6 is 0 Å². The van der Waals surface area contributed by atoms with Crippen molar-refractivity contribution in [3.05, 3.63) is 11.9 Å². The van der Waals surface area contributed by atoms with E-state index in [1.165, 1.54) is 13.0 Å². The summed E-state index contributed by atoms with van der Waals surface area (Å²) in [5, 5.41) is 8.98. The van der Waals surface area contributed by atoms with Crippen LogP contribution in [0.3, 0.4) is 0 Å². The number of hydrogen-bond donors (Lipinski definition) is 1. The van der Waals surface area contributed by atoms with Gasteiger partial charge in [-0.15, -0.1) is 0 Å². The number of carbonyl (C=O) groups is 1. The Bertz CT molecular complexity index is 277. The fourth-order valence-corrected chi connectivity index (χ4v) is 2.04. The highest BCUT2D eigenvalue weighted by Gasteiger charge is 2.71. The molecule has 1 rings (SSSR count). The summed E-state index contributed by atoms with van der Waals surface area (Å²) >= 11 is 0. The third-order valence-electron chi connectivity index (χ3n) is 3.50. The molecule has 3 heteroatoms. The van der Waals surface area contributed by atoms with E-state index in [4.69, 9.17) is 5.11 Å². The highest BCUT2D eigenvalue weighted by atomic mass is 19.1.